The second kappa shape index (κ2) is 7.24. The second-order valence-electron chi connectivity index (χ2n) is 9.04. The molecule has 154 valence electrons. The van der Waals surface area contributed by atoms with Crippen molar-refractivity contribution in [1.29, 1.82) is 0 Å². The predicted octanol–water partition coefficient (Wildman–Crippen LogP) is 2.03. The summed E-state index contributed by atoms with van der Waals surface area (Å²) in [5, 5.41) is 7.21. The third-order valence-corrected chi connectivity index (χ3v) is 5.84. The van der Waals surface area contributed by atoms with Crippen LogP contribution in [0.15, 0.2) is 12.3 Å². The van der Waals surface area contributed by atoms with Gasteiger partial charge in [-0.15, -0.1) is 0 Å². The lowest BCUT2D eigenvalue weighted by Gasteiger charge is -2.28. The first kappa shape index (κ1) is 19.5. The van der Waals surface area contributed by atoms with E-state index in [4.69, 9.17) is 4.98 Å². The molecule has 1 N–H and O–H groups in total. The minimum Gasteiger partial charge on any atom is -0.342 e. The number of fused-ring (bicyclic) bond motifs is 1. The van der Waals surface area contributed by atoms with Gasteiger partial charge in [-0.25, -0.2) is 9.97 Å². The van der Waals surface area contributed by atoms with Crippen LogP contribution >= 0.6 is 0 Å². The zero-order valence-corrected chi connectivity index (χ0v) is 17.5. The van der Waals surface area contributed by atoms with Crippen LogP contribution in [0.2, 0.25) is 0 Å². The molecule has 8 heteroatoms. The van der Waals surface area contributed by atoms with Gasteiger partial charge in [0, 0.05) is 68.3 Å². The lowest BCUT2D eigenvalue weighted by Crippen LogP contribution is -2.37. The summed E-state index contributed by atoms with van der Waals surface area (Å²) >= 11 is 0. The van der Waals surface area contributed by atoms with Gasteiger partial charge in [-0.3, -0.25) is 14.7 Å². The highest BCUT2D eigenvalue weighted by Crippen LogP contribution is 2.27. The van der Waals surface area contributed by atoms with E-state index >= 15 is 0 Å². The highest BCUT2D eigenvalue weighted by atomic mass is 16.2. The molecule has 2 aliphatic heterocycles. The molecule has 0 spiro atoms. The van der Waals surface area contributed by atoms with Gasteiger partial charge in [-0.05, 0) is 12.5 Å². The highest BCUT2D eigenvalue weighted by molar-refractivity contribution is 5.92. The zero-order valence-electron chi connectivity index (χ0n) is 17.5. The Hall–Kier alpha value is -2.77. The Labute approximate surface area is 170 Å². The first-order chi connectivity index (χ1) is 13.7. The fourth-order valence-corrected chi connectivity index (χ4v) is 3.94. The van der Waals surface area contributed by atoms with Crippen molar-refractivity contribution in [1.82, 2.24) is 30.0 Å². The van der Waals surface area contributed by atoms with E-state index in [0.717, 1.165) is 35.7 Å². The summed E-state index contributed by atoms with van der Waals surface area (Å²) in [6.45, 7) is 10.4. The molecule has 0 aliphatic carbocycles. The van der Waals surface area contributed by atoms with Gasteiger partial charge in [-0.1, -0.05) is 20.8 Å². The number of carbonyl (C=O) groups excluding carboxylic acids is 2. The summed E-state index contributed by atoms with van der Waals surface area (Å²) in [4.78, 5) is 37.5. The third-order valence-electron chi connectivity index (χ3n) is 5.84. The number of nitrogens with one attached hydrogen (secondary N) is 1. The van der Waals surface area contributed by atoms with Crippen LogP contribution in [0, 0.1) is 0 Å². The molecule has 2 amide bonds. The molecule has 29 heavy (non-hydrogen) atoms. The quantitative estimate of drug-likeness (QED) is 0.838. The van der Waals surface area contributed by atoms with Gasteiger partial charge in [0.05, 0.1) is 5.69 Å². The van der Waals surface area contributed by atoms with Crippen molar-refractivity contribution in [3.63, 3.8) is 0 Å². The van der Waals surface area contributed by atoms with Gasteiger partial charge in [0.1, 0.15) is 11.5 Å². The minimum absolute atomic E-state index is 0.0700. The number of aromatic amines is 1. The molecule has 0 aromatic carbocycles. The van der Waals surface area contributed by atoms with Crippen LogP contribution in [0.1, 0.15) is 73.3 Å². The molecule has 1 fully saturated rings. The number of hydrogen-bond donors (Lipinski definition) is 1. The Kier molecular flexibility index (Phi) is 4.88. The highest BCUT2D eigenvalue weighted by Gasteiger charge is 2.30. The average molecular weight is 396 g/mol. The number of carbonyl (C=O) groups is 2. The Bertz CT molecular complexity index is 945. The number of H-pyrrole nitrogens is 1. The molecule has 4 rings (SSSR count). The van der Waals surface area contributed by atoms with Crippen molar-refractivity contribution in [2.75, 3.05) is 19.6 Å². The molecule has 0 unspecified atom stereocenters. The molecule has 0 radical (unpaired) electrons. The van der Waals surface area contributed by atoms with Gasteiger partial charge < -0.3 is 9.80 Å². The van der Waals surface area contributed by atoms with E-state index in [2.05, 4.69) is 36.0 Å². The van der Waals surface area contributed by atoms with Crippen molar-refractivity contribution in [2.24, 2.45) is 0 Å². The van der Waals surface area contributed by atoms with Gasteiger partial charge in [0.2, 0.25) is 5.91 Å². The number of hydrogen-bond acceptors (Lipinski definition) is 5. The first-order valence-corrected chi connectivity index (χ1v) is 10.2. The Balaban J connectivity index is 1.46. The maximum atomic E-state index is 12.9. The fraction of sp³-hybridized carbons (Fsp3) is 0.571. The summed E-state index contributed by atoms with van der Waals surface area (Å²) in [6, 6.07) is 1.85. The largest absolute Gasteiger partial charge is 0.342 e. The second-order valence-corrected chi connectivity index (χ2v) is 9.04. The fourth-order valence-electron chi connectivity index (χ4n) is 3.94. The summed E-state index contributed by atoms with van der Waals surface area (Å²) in [6.07, 6.45) is 3.45. The van der Waals surface area contributed by atoms with Crippen LogP contribution in [0.3, 0.4) is 0 Å². The maximum absolute atomic E-state index is 12.9. The van der Waals surface area contributed by atoms with Gasteiger partial charge >= 0.3 is 0 Å². The smallest absolute Gasteiger partial charge is 0.274 e. The van der Waals surface area contributed by atoms with Crippen molar-refractivity contribution >= 4 is 11.8 Å². The SMILES string of the molecule is CC(=O)N1CC[C@@H](c2ncc3c(n2)CCN(C(=O)c2cc(C(C)(C)C)[nH]n2)C3)C1. The van der Waals surface area contributed by atoms with Gasteiger partial charge in [-0.2, -0.15) is 5.10 Å². The van der Waals surface area contributed by atoms with Gasteiger partial charge in [0.15, 0.2) is 0 Å². The zero-order chi connectivity index (χ0) is 20.8. The number of amides is 2. The molecular weight excluding hydrogens is 368 g/mol. The summed E-state index contributed by atoms with van der Waals surface area (Å²) in [5.74, 6) is 1.05. The molecule has 2 aromatic rings. The van der Waals surface area contributed by atoms with E-state index in [1.807, 2.05) is 17.2 Å². The molecule has 4 heterocycles. The van der Waals surface area contributed by atoms with E-state index in [1.165, 1.54) is 0 Å². The monoisotopic (exact) mass is 396 g/mol. The molecule has 2 aliphatic rings. The van der Waals surface area contributed by atoms with E-state index in [-0.39, 0.29) is 23.1 Å². The van der Waals surface area contributed by atoms with Gasteiger partial charge in [0.25, 0.3) is 5.91 Å². The third kappa shape index (κ3) is 3.88. The Morgan fingerprint density at radius 3 is 2.66 bits per heavy atom. The molecule has 0 saturated carbocycles. The van der Waals surface area contributed by atoms with Crippen molar-refractivity contribution < 1.29 is 9.59 Å². The topological polar surface area (TPSA) is 95.1 Å². The van der Waals surface area contributed by atoms with E-state index in [0.29, 0.717) is 31.7 Å². The van der Waals surface area contributed by atoms with Crippen LogP contribution < -0.4 is 0 Å². The normalized spacial score (nSPS) is 19.4. The number of nitrogens with zero attached hydrogens (tertiary/aromatic N) is 5. The van der Waals surface area contributed by atoms with Crippen LogP contribution in [0.4, 0.5) is 0 Å². The summed E-state index contributed by atoms with van der Waals surface area (Å²) in [7, 11) is 0. The number of likely N-dealkylation sites (tertiary alicyclic amines) is 1. The van der Waals surface area contributed by atoms with Crippen LogP contribution in [-0.2, 0) is 23.2 Å². The average Bonchev–Trinajstić information content (AvgIpc) is 3.36. The lowest BCUT2D eigenvalue weighted by atomic mass is 9.92. The molecular formula is C21H28N6O2. The standard InChI is InChI=1S/C21H28N6O2/c1-13(28)26-7-5-14(11-26)19-22-10-15-12-27(8-6-16(15)23-19)20(29)17-9-18(25-24-17)21(2,3)4/h9-10,14H,5-8,11-12H2,1-4H3,(H,24,25)/t14-/m1/s1. The number of rotatable bonds is 2. The van der Waals surface area contributed by atoms with Crippen molar-refractivity contribution in [3.8, 4) is 0 Å². The lowest BCUT2D eigenvalue weighted by molar-refractivity contribution is -0.127. The van der Waals surface area contributed by atoms with Crippen LogP contribution in [-0.4, -0.2) is 61.4 Å². The molecule has 2 aromatic heterocycles. The Morgan fingerprint density at radius 2 is 2.00 bits per heavy atom. The molecule has 1 atom stereocenters. The Morgan fingerprint density at radius 1 is 1.21 bits per heavy atom. The van der Waals surface area contributed by atoms with E-state index in [9.17, 15) is 9.59 Å². The molecule has 0 bridgehead atoms. The van der Waals surface area contributed by atoms with Crippen LogP contribution in [0.25, 0.3) is 0 Å². The predicted molar refractivity (Wildman–Crippen MR) is 107 cm³/mol. The first-order valence-electron chi connectivity index (χ1n) is 10.2. The maximum Gasteiger partial charge on any atom is 0.274 e. The molecule has 8 nitrogen and oxygen atoms in total. The minimum atomic E-state index is -0.0809. The van der Waals surface area contributed by atoms with Crippen LogP contribution in [0.5, 0.6) is 0 Å². The summed E-state index contributed by atoms with van der Waals surface area (Å²) in [5.41, 5.74) is 3.32. The summed E-state index contributed by atoms with van der Waals surface area (Å²) < 4.78 is 0. The molecule has 1 saturated heterocycles. The number of aromatic nitrogens is 4. The van der Waals surface area contributed by atoms with Crippen molar-refractivity contribution in [3.05, 3.63) is 40.7 Å². The van der Waals surface area contributed by atoms with Crippen molar-refractivity contribution in [2.45, 2.75) is 58.4 Å². The van der Waals surface area contributed by atoms with E-state index < -0.39 is 0 Å². The van der Waals surface area contributed by atoms with E-state index in [1.54, 1.807) is 11.8 Å².